The molecule has 3 atom stereocenters. The highest BCUT2D eigenvalue weighted by Crippen LogP contribution is 2.34. The lowest BCUT2D eigenvalue weighted by molar-refractivity contribution is -0.0772. The fraction of sp³-hybridized carbons (Fsp3) is 0.471. The molecule has 0 radical (unpaired) electrons. The Balaban J connectivity index is 1.43. The van der Waals surface area contributed by atoms with Gasteiger partial charge < -0.3 is 14.4 Å². The van der Waals surface area contributed by atoms with E-state index >= 15 is 0 Å². The lowest BCUT2D eigenvalue weighted by Gasteiger charge is -2.39. The summed E-state index contributed by atoms with van der Waals surface area (Å²) >= 11 is 0. The molecule has 2 fully saturated rings. The zero-order chi connectivity index (χ0) is 15.5. The highest BCUT2D eigenvalue weighted by atomic mass is 16.5. The van der Waals surface area contributed by atoms with Crippen LogP contribution in [0, 0.1) is 0 Å². The summed E-state index contributed by atoms with van der Waals surface area (Å²) in [6.45, 7) is 2.16. The van der Waals surface area contributed by atoms with E-state index in [2.05, 4.69) is 19.9 Å². The Kier molecular flexibility index (Phi) is 4.17. The number of fused-ring (bicyclic) bond motifs is 1. The summed E-state index contributed by atoms with van der Waals surface area (Å²) in [7, 11) is 0. The van der Waals surface area contributed by atoms with Gasteiger partial charge >= 0.3 is 0 Å². The van der Waals surface area contributed by atoms with E-state index in [9.17, 15) is 0 Å². The SMILES string of the molecule is c1cncc(CO[C@H]2CC[C@H]3[C@H]2OCCN3c2ccncn2)c1. The standard InChI is InChI=1S/C17H20N4O2/c1-2-13(10-18-6-1)11-23-15-4-3-14-17(15)22-9-8-21(14)16-5-7-19-12-20-16/h1-2,5-7,10,12,14-15,17H,3-4,8-9,11H2/t14-,15-,17+/m0/s1. The Hall–Kier alpha value is -2.05. The molecule has 4 rings (SSSR count). The fourth-order valence-electron chi connectivity index (χ4n) is 3.52. The van der Waals surface area contributed by atoms with Crippen LogP contribution in [-0.4, -0.2) is 46.4 Å². The van der Waals surface area contributed by atoms with E-state index in [0.717, 1.165) is 30.8 Å². The van der Waals surface area contributed by atoms with Crippen LogP contribution in [0.1, 0.15) is 18.4 Å². The highest BCUT2D eigenvalue weighted by molar-refractivity contribution is 5.40. The molecule has 0 spiro atoms. The van der Waals surface area contributed by atoms with Crippen LogP contribution >= 0.6 is 0 Å². The molecule has 6 heteroatoms. The second kappa shape index (κ2) is 6.60. The van der Waals surface area contributed by atoms with Gasteiger partial charge in [0.25, 0.3) is 0 Å². The van der Waals surface area contributed by atoms with E-state index in [1.54, 1.807) is 18.7 Å². The first-order chi connectivity index (χ1) is 11.4. The number of ether oxygens (including phenoxy) is 2. The molecule has 120 valence electrons. The third-order valence-corrected chi connectivity index (χ3v) is 4.58. The van der Waals surface area contributed by atoms with E-state index in [0.29, 0.717) is 19.3 Å². The van der Waals surface area contributed by atoms with E-state index in [1.807, 2.05) is 24.4 Å². The zero-order valence-electron chi connectivity index (χ0n) is 12.9. The molecule has 0 amide bonds. The number of hydrogen-bond acceptors (Lipinski definition) is 6. The monoisotopic (exact) mass is 312 g/mol. The van der Waals surface area contributed by atoms with Crippen molar-refractivity contribution in [3.8, 4) is 0 Å². The Labute approximate surface area is 135 Å². The second-order valence-corrected chi connectivity index (χ2v) is 5.95. The van der Waals surface area contributed by atoms with E-state index in [1.165, 1.54) is 0 Å². The van der Waals surface area contributed by atoms with Crippen molar-refractivity contribution in [1.29, 1.82) is 0 Å². The van der Waals surface area contributed by atoms with Crippen molar-refractivity contribution in [2.75, 3.05) is 18.1 Å². The van der Waals surface area contributed by atoms with Crippen LogP contribution in [0.5, 0.6) is 0 Å². The maximum Gasteiger partial charge on any atom is 0.132 e. The van der Waals surface area contributed by atoms with Gasteiger partial charge in [-0.1, -0.05) is 6.07 Å². The molecular weight excluding hydrogens is 292 g/mol. The van der Waals surface area contributed by atoms with Gasteiger partial charge in [0.15, 0.2) is 0 Å². The van der Waals surface area contributed by atoms with Crippen molar-refractivity contribution in [3.63, 3.8) is 0 Å². The minimum absolute atomic E-state index is 0.107. The van der Waals surface area contributed by atoms with Crippen molar-refractivity contribution < 1.29 is 9.47 Å². The van der Waals surface area contributed by atoms with Crippen molar-refractivity contribution in [2.45, 2.75) is 37.7 Å². The molecule has 0 N–H and O–H groups in total. The van der Waals surface area contributed by atoms with Gasteiger partial charge in [0.2, 0.25) is 0 Å². The van der Waals surface area contributed by atoms with Gasteiger partial charge in [0, 0.05) is 25.1 Å². The quantitative estimate of drug-likeness (QED) is 0.858. The molecule has 6 nitrogen and oxygen atoms in total. The van der Waals surface area contributed by atoms with Crippen LogP contribution in [0.25, 0.3) is 0 Å². The number of nitrogens with zero attached hydrogens (tertiary/aromatic N) is 4. The summed E-state index contributed by atoms with van der Waals surface area (Å²) in [6, 6.07) is 6.27. The van der Waals surface area contributed by atoms with Gasteiger partial charge in [-0.15, -0.1) is 0 Å². The first kappa shape index (κ1) is 14.5. The minimum Gasteiger partial charge on any atom is -0.372 e. The summed E-state index contributed by atoms with van der Waals surface area (Å²) in [5.74, 6) is 0.978. The van der Waals surface area contributed by atoms with Crippen LogP contribution in [0.2, 0.25) is 0 Å². The predicted octanol–water partition coefficient (Wildman–Crippen LogP) is 1.82. The lowest BCUT2D eigenvalue weighted by Crippen LogP contribution is -2.52. The van der Waals surface area contributed by atoms with Crippen LogP contribution < -0.4 is 4.90 Å². The number of rotatable bonds is 4. The molecule has 0 aromatic carbocycles. The molecule has 0 bridgehead atoms. The molecule has 1 aliphatic heterocycles. The van der Waals surface area contributed by atoms with E-state index in [-0.39, 0.29) is 12.2 Å². The molecule has 1 saturated heterocycles. The number of anilines is 1. The molecule has 3 heterocycles. The first-order valence-electron chi connectivity index (χ1n) is 8.06. The van der Waals surface area contributed by atoms with Gasteiger partial charge in [-0.2, -0.15) is 0 Å². The molecular formula is C17H20N4O2. The highest BCUT2D eigenvalue weighted by Gasteiger charge is 2.43. The summed E-state index contributed by atoms with van der Waals surface area (Å²) in [6.07, 6.45) is 9.33. The van der Waals surface area contributed by atoms with Crippen molar-refractivity contribution >= 4 is 5.82 Å². The first-order valence-corrected chi connectivity index (χ1v) is 8.06. The number of hydrogen-bond donors (Lipinski definition) is 0. The smallest absolute Gasteiger partial charge is 0.132 e. The Morgan fingerprint density at radius 3 is 3.04 bits per heavy atom. The molecule has 1 aliphatic carbocycles. The maximum absolute atomic E-state index is 6.12. The number of aromatic nitrogens is 3. The molecule has 0 unspecified atom stereocenters. The van der Waals surface area contributed by atoms with Crippen molar-refractivity contribution in [2.24, 2.45) is 0 Å². The average molecular weight is 312 g/mol. The second-order valence-electron chi connectivity index (χ2n) is 5.95. The van der Waals surface area contributed by atoms with Crippen LogP contribution in [0.3, 0.4) is 0 Å². The Morgan fingerprint density at radius 1 is 1.22 bits per heavy atom. The van der Waals surface area contributed by atoms with Gasteiger partial charge in [-0.3, -0.25) is 4.98 Å². The van der Waals surface area contributed by atoms with Crippen molar-refractivity contribution in [3.05, 3.63) is 48.7 Å². The number of morpholine rings is 1. The topological polar surface area (TPSA) is 60.4 Å². The molecule has 2 aliphatic rings. The van der Waals surface area contributed by atoms with Gasteiger partial charge in [-0.05, 0) is 30.5 Å². The van der Waals surface area contributed by atoms with Crippen molar-refractivity contribution in [1.82, 2.24) is 15.0 Å². The predicted molar refractivity (Wildman–Crippen MR) is 85.0 cm³/mol. The van der Waals surface area contributed by atoms with Gasteiger partial charge in [-0.25, -0.2) is 9.97 Å². The lowest BCUT2D eigenvalue weighted by atomic mass is 10.1. The molecule has 2 aromatic rings. The summed E-state index contributed by atoms with van der Waals surface area (Å²) in [4.78, 5) is 14.9. The van der Waals surface area contributed by atoms with E-state index in [4.69, 9.17) is 9.47 Å². The number of pyridine rings is 1. The third kappa shape index (κ3) is 3.04. The van der Waals surface area contributed by atoms with Gasteiger partial charge in [0.05, 0.1) is 25.4 Å². The van der Waals surface area contributed by atoms with E-state index < -0.39 is 0 Å². The molecule has 23 heavy (non-hydrogen) atoms. The third-order valence-electron chi connectivity index (χ3n) is 4.58. The Bertz CT molecular complexity index is 625. The zero-order valence-corrected chi connectivity index (χ0v) is 12.9. The normalized spacial score (nSPS) is 27.0. The fourth-order valence-corrected chi connectivity index (χ4v) is 3.52. The van der Waals surface area contributed by atoms with Crippen LogP contribution in [0.15, 0.2) is 43.1 Å². The molecule has 1 saturated carbocycles. The maximum atomic E-state index is 6.12. The Morgan fingerprint density at radius 2 is 2.22 bits per heavy atom. The average Bonchev–Trinajstić information content (AvgIpc) is 3.05. The largest absolute Gasteiger partial charge is 0.372 e. The van der Waals surface area contributed by atoms with Gasteiger partial charge in [0.1, 0.15) is 18.2 Å². The van der Waals surface area contributed by atoms with Crippen LogP contribution in [0.4, 0.5) is 5.82 Å². The molecule has 2 aromatic heterocycles. The summed E-state index contributed by atoms with van der Waals surface area (Å²) in [5.41, 5.74) is 1.10. The summed E-state index contributed by atoms with van der Waals surface area (Å²) in [5, 5.41) is 0. The minimum atomic E-state index is 0.107. The van der Waals surface area contributed by atoms with Crippen LogP contribution in [-0.2, 0) is 16.1 Å². The summed E-state index contributed by atoms with van der Waals surface area (Å²) < 4.78 is 12.1.